The first-order valence-electron chi connectivity index (χ1n) is 10.8. The van der Waals surface area contributed by atoms with Crippen LogP contribution in [0.15, 0.2) is 36.7 Å². The smallest absolute Gasteiger partial charge is 0.410 e. The molecule has 0 aliphatic carbocycles. The first kappa shape index (κ1) is 24.0. The summed E-state index contributed by atoms with van der Waals surface area (Å²) >= 11 is 0. The number of piperidine rings is 1. The molecule has 176 valence electrons. The molecule has 2 aromatic heterocycles. The van der Waals surface area contributed by atoms with E-state index in [4.69, 9.17) is 4.74 Å². The topological polar surface area (TPSA) is 134 Å². The maximum atomic E-state index is 12.7. The van der Waals surface area contributed by atoms with Gasteiger partial charge in [-0.25, -0.2) is 14.8 Å². The summed E-state index contributed by atoms with van der Waals surface area (Å²) in [5.41, 5.74) is 0.0411. The monoisotopic (exact) mass is 455 g/mol. The van der Waals surface area contributed by atoms with E-state index in [1.165, 1.54) is 24.5 Å². The molecule has 2 aromatic rings. The molecule has 1 unspecified atom stereocenters. The molecule has 0 aromatic carbocycles. The van der Waals surface area contributed by atoms with Crippen LogP contribution in [-0.2, 0) is 16.1 Å². The minimum Gasteiger partial charge on any atom is -0.505 e. The standard InChI is InChI=1S/C23H29N5O5/c1-23(2,3)33-22(32)28-11-5-6-16(14-28)20(30)26-13-15-8-10-24-18(12-15)27-21(31)19-17(29)7-4-9-25-19/h4,7-10,12,16,29H,5-6,11,13-14H2,1-3H3,(H,26,30)(H,24,27,31). The summed E-state index contributed by atoms with van der Waals surface area (Å²) in [6.45, 7) is 6.54. The van der Waals surface area contributed by atoms with Crippen LogP contribution in [-0.4, -0.2) is 56.6 Å². The Kier molecular flexibility index (Phi) is 7.47. The molecule has 0 bridgehead atoms. The molecule has 0 saturated carbocycles. The van der Waals surface area contributed by atoms with Gasteiger partial charge in [-0.1, -0.05) is 0 Å². The number of carbonyl (C=O) groups is 3. The van der Waals surface area contributed by atoms with Gasteiger partial charge in [0.25, 0.3) is 5.91 Å². The first-order valence-corrected chi connectivity index (χ1v) is 10.8. The molecule has 1 aliphatic heterocycles. The van der Waals surface area contributed by atoms with Crippen LogP contribution >= 0.6 is 0 Å². The first-order chi connectivity index (χ1) is 15.6. The van der Waals surface area contributed by atoms with E-state index in [1.54, 1.807) is 17.0 Å². The van der Waals surface area contributed by atoms with E-state index in [2.05, 4.69) is 20.6 Å². The van der Waals surface area contributed by atoms with Gasteiger partial charge in [0.15, 0.2) is 5.69 Å². The third kappa shape index (κ3) is 6.90. The molecule has 1 aliphatic rings. The van der Waals surface area contributed by atoms with Crippen molar-refractivity contribution < 1.29 is 24.2 Å². The maximum Gasteiger partial charge on any atom is 0.410 e. The van der Waals surface area contributed by atoms with Gasteiger partial charge in [0.2, 0.25) is 5.91 Å². The van der Waals surface area contributed by atoms with Gasteiger partial charge < -0.3 is 25.4 Å². The van der Waals surface area contributed by atoms with Crippen LogP contribution in [0.4, 0.5) is 10.6 Å². The molecule has 10 heteroatoms. The zero-order chi connectivity index (χ0) is 24.0. The Morgan fingerprint density at radius 2 is 2.00 bits per heavy atom. The van der Waals surface area contributed by atoms with Gasteiger partial charge >= 0.3 is 6.09 Å². The Labute approximate surface area is 192 Å². The number of carbonyl (C=O) groups excluding carboxylic acids is 3. The molecular formula is C23H29N5O5. The van der Waals surface area contributed by atoms with Crippen LogP contribution in [0.25, 0.3) is 0 Å². The number of nitrogens with zero attached hydrogens (tertiary/aromatic N) is 3. The Bertz CT molecular complexity index is 1020. The minimum atomic E-state index is -0.591. The number of aromatic hydroxyl groups is 1. The van der Waals surface area contributed by atoms with Crippen molar-refractivity contribution in [3.63, 3.8) is 0 Å². The molecular weight excluding hydrogens is 426 g/mol. The molecule has 10 nitrogen and oxygen atoms in total. The third-order valence-corrected chi connectivity index (χ3v) is 4.98. The average molecular weight is 456 g/mol. The number of amides is 3. The third-order valence-electron chi connectivity index (χ3n) is 4.98. The summed E-state index contributed by atoms with van der Waals surface area (Å²) in [4.78, 5) is 46.9. The summed E-state index contributed by atoms with van der Waals surface area (Å²) in [6.07, 6.45) is 3.93. The second-order valence-corrected chi connectivity index (χ2v) is 8.86. The molecule has 1 atom stereocenters. The van der Waals surface area contributed by atoms with Crippen LogP contribution in [0, 0.1) is 5.92 Å². The Hall–Kier alpha value is -3.69. The van der Waals surface area contributed by atoms with Crippen LogP contribution in [0.3, 0.4) is 0 Å². The highest BCUT2D eigenvalue weighted by Gasteiger charge is 2.30. The van der Waals surface area contributed by atoms with Gasteiger partial charge in [-0.2, -0.15) is 0 Å². The maximum absolute atomic E-state index is 12.7. The van der Waals surface area contributed by atoms with Crippen LogP contribution in [0.1, 0.15) is 49.7 Å². The SMILES string of the molecule is CC(C)(C)OC(=O)N1CCCC(C(=O)NCc2ccnc(NC(=O)c3ncccc3O)c2)C1. The molecule has 3 amide bonds. The molecule has 3 heterocycles. The fourth-order valence-corrected chi connectivity index (χ4v) is 3.42. The lowest BCUT2D eigenvalue weighted by molar-refractivity contribution is -0.126. The lowest BCUT2D eigenvalue weighted by Crippen LogP contribution is -2.46. The highest BCUT2D eigenvalue weighted by atomic mass is 16.6. The lowest BCUT2D eigenvalue weighted by atomic mass is 9.97. The average Bonchev–Trinajstić information content (AvgIpc) is 2.77. The van der Waals surface area contributed by atoms with E-state index >= 15 is 0 Å². The number of aromatic nitrogens is 2. The fourth-order valence-electron chi connectivity index (χ4n) is 3.42. The second kappa shape index (κ2) is 10.3. The van der Waals surface area contributed by atoms with Gasteiger partial charge in [0.1, 0.15) is 17.2 Å². The van der Waals surface area contributed by atoms with E-state index in [-0.39, 0.29) is 35.6 Å². The molecule has 1 saturated heterocycles. The molecule has 33 heavy (non-hydrogen) atoms. The number of hydrogen-bond acceptors (Lipinski definition) is 7. The molecule has 3 N–H and O–H groups in total. The summed E-state index contributed by atoms with van der Waals surface area (Å²) in [7, 11) is 0. The summed E-state index contributed by atoms with van der Waals surface area (Å²) < 4.78 is 5.41. The van der Waals surface area contributed by atoms with Crippen molar-refractivity contribution in [3.8, 4) is 5.75 Å². The van der Waals surface area contributed by atoms with Crippen molar-refractivity contribution in [1.82, 2.24) is 20.2 Å². The van der Waals surface area contributed by atoms with Gasteiger partial charge in [0, 0.05) is 32.0 Å². The van der Waals surface area contributed by atoms with Gasteiger partial charge in [-0.05, 0) is 63.4 Å². The number of hydrogen-bond donors (Lipinski definition) is 3. The molecule has 0 spiro atoms. The summed E-state index contributed by atoms with van der Waals surface area (Å²) in [6, 6.07) is 6.25. The van der Waals surface area contributed by atoms with Crippen molar-refractivity contribution in [1.29, 1.82) is 0 Å². The Morgan fingerprint density at radius 3 is 2.73 bits per heavy atom. The number of rotatable bonds is 5. The minimum absolute atomic E-state index is 0.107. The number of anilines is 1. The van der Waals surface area contributed by atoms with Crippen LogP contribution in [0.2, 0.25) is 0 Å². The quantitative estimate of drug-likeness (QED) is 0.631. The summed E-state index contributed by atoms with van der Waals surface area (Å²) in [5, 5.41) is 15.2. The van der Waals surface area contributed by atoms with Crippen LogP contribution in [0.5, 0.6) is 5.75 Å². The highest BCUT2D eigenvalue weighted by Crippen LogP contribution is 2.20. The Morgan fingerprint density at radius 1 is 1.21 bits per heavy atom. The highest BCUT2D eigenvalue weighted by molar-refractivity contribution is 6.04. The number of ether oxygens (including phenoxy) is 1. The predicted octanol–water partition coefficient (Wildman–Crippen LogP) is 2.70. The normalized spacial score (nSPS) is 16.1. The van der Waals surface area contributed by atoms with Gasteiger partial charge in [0.05, 0.1) is 5.92 Å². The van der Waals surface area contributed by atoms with Gasteiger partial charge in [-0.3, -0.25) is 9.59 Å². The van der Waals surface area contributed by atoms with E-state index in [1.807, 2.05) is 20.8 Å². The number of likely N-dealkylation sites (tertiary alicyclic amines) is 1. The van der Waals surface area contributed by atoms with E-state index in [9.17, 15) is 19.5 Å². The molecule has 3 rings (SSSR count). The van der Waals surface area contributed by atoms with E-state index < -0.39 is 17.6 Å². The predicted molar refractivity (Wildman–Crippen MR) is 120 cm³/mol. The van der Waals surface area contributed by atoms with Crippen molar-refractivity contribution in [3.05, 3.63) is 47.9 Å². The van der Waals surface area contributed by atoms with Crippen molar-refractivity contribution in [2.75, 3.05) is 18.4 Å². The lowest BCUT2D eigenvalue weighted by Gasteiger charge is -2.33. The fraction of sp³-hybridized carbons (Fsp3) is 0.435. The molecule has 1 fully saturated rings. The van der Waals surface area contributed by atoms with Crippen molar-refractivity contribution >= 4 is 23.7 Å². The van der Waals surface area contributed by atoms with E-state index in [0.717, 1.165) is 12.0 Å². The largest absolute Gasteiger partial charge is 0.505 e. The van der Waals surface area contributed by atoms with E-state index in [0.29, 0.717) is 19.5 Å². The number of pyridine rings is 2. The summed E-state index contributed by atoms with van der Waals surface area (Å²) in [5.74, 6) is -1.02. The molecule has 0 radical (unpaired) electrons. The zero-order valence-electron chi connectivity index (χ0n) is 19.0. The van der Waals surface area contributed by atoms with Crippen molar-refractivity contribution in [2.24, 2.45) is 5.92 Å². The van der Waals surface area contributed by atoms with Crippen molar-refractivity contribution in [2.45, 2.75) is 45.8 Å². The Balaban J connectivity index is 1.54. The second-order valence-electron chi connectivity index (χ2n) is 8.86. The number of nitrogens with one attached hydrogen (secondary N) is 2. The zero-order valence-corrected chi connectivity index (χ0v) is 19.0. The van der Waals surface area contributed by atoms with Gasteiger partial charge in [-0.15, -0.1) is 0 Å². The van der Waals surface area contributed by atoms with Crippen LogP contribution < -0.4 is 10.6 Å².